The molecule has 0 spiro atoms. The van der Waals surface area contributed by atoms with E-state index in [9.17, 15) is 18.0 Å². The molecule has 2 rings (SSSR count). The van der Waals surface area contributed by atoms with Crippen LogP contribution in [0.4, 0.5) is 16.2 Å². The molecule has 26 heavy (non-hydrogen) atoms. The molecule has 0 saturated heterocycles. The number of hydrogen-bond donors (Lipinski definition) is 2. The van der Waals surface area contributed by atoms with Crippen LogP contribution in [0.25, 0.3) is 10.1 Å². The fourth-order valence-corrected chi connectivity index (χ4v) is 3.66. The van der Waals surface area contributed by atoms with Crippen molar-refractivity contribution in [1.29, 1.82) is 0 Å². The van der Waals surface area contributed by atoms with Gasteiger partial charge in [0, 0.05) is 4.70 Å². The van der Waals surface area contributed by atoms with Crippen LogP contribution in [0.15, 0.2) is 18.2 Å². The maximum absolute atomic E-state index is 12.1. The quantitative estimate of drug-likeness (QED) is 0.761. The summed E-state index contributed by atoms with van der Waals surface area (Å²) in [5, 5.41) is 3.17. The third-order valence-corrected chi connectivity index (χ3v) is 4.64. The summed E-state index contributed by atoms with van der Waals surface area (Å²) in [7, 11) is -2.31. The van der Waals surface area contributed by atoms with E-state index in [1.54, 1.807) is 32.9 Å². The molecule has 0 fully saturated rings. The number of sulfonamides is 1. The monoisotopic (exact) mass is 400 g/mol. The Morgan fingerprint density at radius 1 is 1.12 bits per heavy atom. The average molecular weight is 400 g/mol. The molecule has 0 aliphatic rings. The van der Waals surface area contributed by atoms with Crippen LogP contribution in [0.1, 0.15) is 30.4 Å². The number of fused-ring (bicyclic) bond motifs is 1. The second kappa shape index (κ2) is 7.12. The van der Waals surface area contributed by atoms with Gasteiger partial charge in [-0.1, -0.05) is 0 Å². The number of amides is 1. The van der Waals surface area contributed by atoms with E-state index in [4.69, 9.17) is 9.47 Å². The third kappa shape index (κ3) is 5.33. The highest BCUT2D eigenvalue weighted by Gasteiger charge is 2.20. The van der Waals surface area contributed by atoms with Crippen molar-refractivity contribution < 1.29 is 27.5 Å². The Kier molecular flexibility index (Phi) is 5.47. The van der Waals surface area contributed by atoms with Gasteiger partial charge in [-0.05, 0) is 44.4 Å². The lowest BCUT2D eigenvalue weighted by Gasteiger charge is -2.20. The van der Waals surface area contributed by atoms with Crippen LogP contribution in [0.5, 0.6) is 0 Å². The summed E-state index contributed by atoms with van der Waals surface area (Å²) in [5.41, 5.74) is -0.324. The summed E-state index contributed by atoms with van der Waals surface area (Å²) < 4.78 is 36.2. The zero-order chi connectivity index (χ0) is 19.7. The molecule has 0 atom stereocenters. The van der Waals surface area contributed by atoms with Crippen molar-refractivity contribution in [2.45, 2.75) is 26.4 Å². The van der Waals surface area contributed by atoms with Crippen molar-refractivity contribution in [3.8, 4) is 0 Å². The molecule has 8 nitrogen and oxygen atoms in total. The number of ether oxygens (including phenoxy) is 2. The Morgan fingerprint density at radius 2 is 1.77 bits per heavy atom. The van der Waals surface area contributed by atoms with E-state index in [0.29, 0.717) is 15.0 Å². The summed E-state index contributed by atoms with van der Waals surface area (Å²) in [6.07, 6.45) is 0.278. The summed E-state index contributed by atoms with van der Waals surface area (Å²) in [6, 6.07) is 4.70. The Balaban J connectivity index is 2.48. The number of carbonyl (C=O) groups is 2. The Morgan fingerprint density at radius 3 is 2.31 bits per heavy atom. The topological polar surface area (TPSA) is 111 Å². The maximum Gasteiger partial charge on any atom is 0.412 e. The highest BCUT2D eigenvalue weighted by atomic mass is 32.2. The summed E-state index contributed by atoms with van der Waals surface area (Å²) in [5.74, 6) is -0.495. The minimum atomic E-state index is -3.58. The third-order valence-electron chi connectivity index (χ3n) is 2.97. The Bertz CT molecular complexity index is 957. The van der Waals surface area contributed by atoms with E-state index in [2.05, 4.69) is 10.0 Å². The molecule has 1 amide bonds. The van der Waals surface area contributed by atoms with Crippen LogP contribution in [0.3, 0.4) is 0 Å². The number of benzene rings is 1. The number of nitrogens with one attached hydrogen (secondary N) is 2. The average Bonchev–Trinajstić information content (AvgIpc) is 2.85. The van der Waals surface area contributed by atoms with Gasteiger partial charge in [0.05, 0.1) is 24.7 Å². The first kappa shape index (κ1) is 20.0. The molecule has 10 heteroatoms. The number of hydrogen-bond acceptors (Lipinski definition) is 7. The highest BCUT2D eigenvalue weighted by molar-refractivity contribution is 7.92. The van der Waals surface area contributed by atoms with Gasteiger partial charge in [0.2, 0.25) is 10.0 Å². The van der Waals surface area contributed by atoms with Crippen molar-refractivity contribution in [2.24, 2.45) is 0 Å². The van der Waals surface area contributed by atoms with Crippen LogP contribution in [0, 0.1) is 0 Å². The fourth-order valence-electron chi connectivity index (χ4n) is 2.09. The van der Waals surface area contributed by atoms with Gasteiger partial charge in [0.1, 0.15) is 10.5 Å². The van der Waals surface area contributed by atoms with Crippen molar-refractivity contribution >= 4 is 54.9 Å². The van der Waals surface area contributed by atoms with E-state index in [0.717, 1.165) is 6.26 Å². The van der Waals surface area contributed by atoms with Gasteiger partial charge in [-0.25, -0.2) is 18.0 Å². The Hall–Kier alpha value is -2.33. The molecule has 1 aromatic carbocycles. The minimum absolute atomic E-state index is 0.167. The lowest BCUT2D eigenvalue weighted by molar-refractivity contribution is 0.0603. The van der Waals surface area contributed by atoms with E-state index in [1.807, 2.05) is 0 Å². The lowest BCUT2D eigenvalue weighted by Crippen LogP contribution is -2.27. The molecular formula is C16H20N2O6S2. The van der Waals surface area contributed by atoms with E-state index < -0.39 is 27.7 Å². The molecule has 2 aromatic rings. The summed E-state index contributed by atoms with van der Waals surface area (Å²) in [4.78, 5) is 24.1. The van der Waals surface area contributed by atoms with Crippen molar-refractivity contribution in [3.05, 3.63) is 23.1 Å². The largest absolute Gasteiger partial charge is 0.465 e. The van der Waals surface area contributed by atoms with E-state index in [1.165, 1.54) is 24.5 Å². The van der Waals surface area contributed by atoms with Crippen molar-refractivity contribution in [3.63, 3.8) is 0 Å². The lowest BCUT2D eigenvalue weighted by atomic mass is 10.2. The van der Waals surface area contributed by atoms with Gasteiger partial charge >= 0.3 is 12.1 Å². The van der Waals surface area contributed by atoms with E-state index >= 15 is 0 Å². The molecular weight excluding hydrogens is 380 g/mol. The van der Waals surface area contributed by atoms with Gasteiger partial charge in [0.15, 0.2) is 0 Å². The molecule has 0 bridgehead atoms. The fraction of sp³-hybridized carbons (Fsp3) is 0.375. The number of esters is 1. The molecule has 0 aliphatic heterocycles. The molecule has 0 unspecified atom stereocenters. The zero-order valence-corrected chi connectivity index (χ0v) is 16.6. The second-order valence-corrected chi connectivity index (χ2v) is 9.37. The number of rotatable bonds is 4. The number of anilines is 2. The number of carbonyl (C=O) groups excluding carboxylic acids is 2. The smallest absolute Gasteiger partial charge is 0.412 e. The first-order valence-corrected chi connectivity index (χ1v) is 10.2. The molecule has 0 radical (unpaired) electrons. The first-order chi connectivity index (χ1) is 11.9. The van der Waals surface area contributed by atoms with Crippen LogP contribution in [-0.2, 0) is 19.5 Å². The maximum atomic E-state index is 12.1. The second-order valence-electron chi connectivity index (χ2n) is 6.54. The predicted octanol–water partition coefficient (Wildman–Crippen LogP) is 3.41. The number of thiophene rings is 1. The highest BCUT2D eigenvalue weighted by Crippen LogP contribution is 2.34. The summed E-state index contributed by atoms with van der Waals surface area (Å²) >= 11 is 1.17. The summed E-state index contributed by atoms with van der Waals surface area (Å²) in [6.45, 7) is 5.15. The van der Waals surface area contributed by atoms with Crippen LogP contribution >= 0.6 is 11.3 Å². The molecule has 0 aliphatic carbocycles. The van der Waals surface area contributed by atoms with Gasteiger partial charge < -0.3 is 9.47 Å². The van der Waals surface area contributed by atoms with Crippen LogP contribution in [-0.4, -0.2) is 39.4 Å². The van der Waals surface area contributed by atoms with Gasteiger partial charge in [-0.3, -0.25) is 10.0 Å². The first-order valence-electron chi connectivity index (χ1n) is 7.51. The van der Waals surface area contributed by atoms with Crippen LogP contribution in [0.2, 0.25) is 0 Å². The minimum Gasteiger partial charge on any atom is -0.465 e. The Labute approximate surface area is 155 Å². The predicted molar refractivity (Wildman–Crippen MR) is 101 cm³/mol. The van der Waals surface area contributed by atoms with Crippen molar-refractivity contribution in [1.82, 2.24) is 0 Å². The SMILES string of the molecule is COC(=O)c1cc2cc(NS(C)(=O)=O)c(NC(=O)OC(C)(C)C)cc2s1. The zero-order valence-electron chi connectivity index (χ0n) is 15.0. The van der Waals surface area contributed by atoms with Gasteiger partial charge in [-0.2, -0.15) is 0 Å². The molecule has 0 saturated carbocycles. The standard InChI is InChI=1S/C16H20N2O6S2/c1-16(2,3)24-15(20)17-10-8-12-9(6-11(10)18-26(5,21)22)7-13(25-12)14(19)23-4/h6-8,18H,1-5H3,(H,17,20). The molecule has 1 aromatic heterocycles. The number of methoxy groups -OCH3 is 1. The van der Waals surface area contributed by atoms with Gasteiger partial charge in [0.25, 0.3) is 0 Å². The van der Waals surface area contributed by atoms with Crippen LogP contribution < -0.4 is 10.0 Å². The molecule has 1 heterocycles. The molecule has 142 valence electrons. The molecule has 2 N–H and O–H groups in total. The normalized spacial score (nSPS) is 11.9. The van der Waals surface area contributed by atoms with Gasteiger partial charge in [-0.15, -0.1) is 11.3 Å². The van der Waals surface area contributed by atoms with Crippen molar-refractivity contribution in [2.75, 3.05) is 23.4 Å². The van der Waals surface area contributed by atoms with E-state index in [-0.39, 0.29) is 11.4 Å².